The Hall–Kier alpha value is -1.58. The summed E-state index contributed by atoms with van der Waals surface area (Å²) in [5.41, 5.74) is 9.52. The Balaban J connectivity index is 2.00. The SMILES string of the molecule is [N-]=[N+]=NCCN1CCCC1c1cccnc1. The van der Waals surface area contributed by atoms with Gasteiger partial charge in [-0.1, -0.05) is 11.2 Å². The lowest BCUT2D eigenvalue weighted by Gasteiger charge is -2.23. The Labute approximate surface area is 94.7 Å². The molecule has 1 aliphatic heterocycles. The van der Waals surface area contributed by atoms with Gasteiger partial charge in [-0.05, 0) is 36.5 Å². The number of azide groups is 1. The molecule has 0 amide bonds. The molecule has 1 saturated heterocycles. The summed E-state index contributed by atoms with van der Waals surface area (Å²) in [6.45, 7) is 2.47. The highest BCUT2D eigenvalue weighted by Crippen LogP contribution is 2.30. The van der Waals surface area contributed by atoms with Crippen molar-refractivity contribution in [2.24, 2.45) is 5.11 Å². The van der Waals surface area contributed by atoms with E-state index in [9.17, 15) is 0 Å². The molecule has 0 saturated carbocycles. The third-order valence-electron chi connectivity index (χ3n) is 2.98. The van der Waals surface area contributed by atoms with E-state index < -0.39 is 0 Å². The second-order valence-corrected chi connectivity index (χ2v) is 3.93. The van der Waals surface area contributed by atoms with Gasteiger partial charge in [-0.3, -0.25) is 9.88 Å². The summed E-state index contributed by atoms with van der Waals surface area (Å²) in [7, 11) is 0. The molecule has 1 aromatic rings. The van der Waals surface area contributed by atoms with Crippen molar-refractivity contribution in [1.29, 1.82) is 0 Å². The lowest BCUT2D eigenvalue weighted by Crippen LogP contribution is -2.25. The van der Waals surface area contributed by atoms with Gasteiger partial charge in [-0.25, -0.2) is 0 Å². The molecule has 1 aliphatic rings. The average molecular weight is 217 g/mol. The molecule has 0 aromatic carbocycles. The molecule has 0 radical (unpaired) electrons. The molecule has 0 bridgehead atoms. The van der Waals surface area contributed by atoms with Crippen molar-refractivity contribution in [2.75, 3.05) is 19.6 Å². The van der Waals surface area contributed by atoms with E-state index in [0.29, 0.717) is 12.6 Å². The van der Waals surface area contributed by atoms with E-state index in [1.54, 1.807) is 6.20 Å². The highest BCUT2D eigenvalue weighted by atomic mass is 15.2. The first kappa shape index (κ1) is 10.9. The summed E-state index contributed by atoms with van der Waals surface area (Å²) in [6.07, 6.45) is 6.09. The van der Waals surface area contributed by atoms with Crippen LogP contribution in [0.4, 0.5) is 0 Å². The minimum atomic E-state index is 0.447. The van der Waals surface area contributed by atoms with Crippen molar-refractivity contribution >= 4 is 0 Å². The van der Waals surface area contributed by atoms with Crippen molar-refractivity contribution in [3.8, 4) is 0 Å². The van der Waals surface area contributed by atoms with Crippen LogP contribution in [-0.2, 0) is 0 Å². The number of rotatable bonds is 4. The van der Waals surface area contributed by atoms with Crippen molar-refractivity contribution in [3.05, 3.63) is 40.5 Å². The van der Waals surface area contributed by atoms with Gasteiger partial charge in [-0.15, -0.1) is 0 Å². The number of likely N-dealkylation sites (tertiary alicyclic amines) is 1. The second kappa shape index (κ2) is 5.49. The fraction of sp³-hybridized carbons (Fsp3) is 0.545. The first-order chi connectivity index (χ1) is 7.92. The lowest BCUT2D eigenvalue weighted by molar-refractivity contribution is 0.264. The molecule has 1 fully saturated rings. The molecule has 1 aromatic heterocycles. The molecule has 16 heavy (non-hydrogen) atoms. The Bertz CT molecular complexity index is 371. The van der Waals surface area contributed by atoms with Crippen LogP contribution < -0.4 is 0 Å². The topological polar surface area (TPSA) is 64.9 Å². The van der Waals surface area contributed by atoms with E-state index in [-0.39, 0.29) is 0 Å². The van der Waals surface area contributed by atoms with Gasteiger partial charge in [0.2, 0.25) is 0 Å². The minimum absolute atomic E-state index is 0.447. The molecule has 1 unspecified atom stereocenters. The predicted octanol–water partition coefficient (Wildman–Crippen LogP) is 2.53. The maximum absolute atomic E-state index is 8.25. The highest BCUT2D eigenvalue weighted by molar-refractivity contribution is 5.15. The number of hydrogen-bond donors (Lipinski definition) is 0. The van der Waals surface area contributed by atoms with E-state index >= 15 is 0 Å². The lowest BCUT2D eigenvalue weighted by atomic mass is 10.1. The van der Waals surface area contributed by atoms with Gasteiger partial charge < -0.3 is 0 Å². The van der Waals surface area contributed by atoms with Crippen molar-refractivity contribution in [1.82, 2.24) is 9.88 Å². The van der Waals surface area contributed by atoms with Crippen LogP contribution in [0.25, 0.3) is 10.4 Å². The van der Waals surface area contributed by atoms with Crippen molar-refractivity contribution in [3.63, 3.8) is 0 Å². The van der Waals surface area contributed by atoms with E-state index in [4.69, 9.17) is 5.53 Å². The van der Waals surface area contributed by atoms with Gasteiger partial charge in [-0.2, -0.15) is 0 Å². The summed E-state index contributed by atoms with van der Waals surface area (Å²) in [4.78, 5) is 9.30. The van der Waals surface area contributed by atoms with Gasteiger partial charge >= 0.3 is 0 Å². The van der Waals surface area contributed by atoms with Crippen LogP contribution in [-0.4, -0.2) is 29.5 Å². The normalized spacial score (nSPS) is 20.6. The quantitative estimate of drug-likeness (QED) is 0.442. The Morgan fingerprint density at radius 3 is 3.31 bits per heavy atom. The van der Waals surface area contributed by atoms with Crippen LogP contribution in [0.5, 0.6) is 0 Å². The summed E-state index contributed by atoms with van der Waals surface area (Å²) in [5, 5.41) is 3.59. The molecule has 5 heteroatoms. The number of hydrogen-bond acceptors (Lipinski definition) is 3. The van der Waals surface area contributed by atoms with Gasteiger partial charge in [0.25, 0.3) is 0 Å². The smallest absolute Gasteiger partial charge is 0.0386 e. The third kappa shape index (κ3) is 2.51. The fourth-order valence-electron chi connectivity index (χ4n) is 2.26. The van der Waals surface area contributed by atoms with Crippen molar-refractivity contribution in [2.45, 2.75) is 18.9 Å². The number of aromatic nitrogens is 1. The number of pyridine rings is 1. The number of nitrogens with zero attached hydrogens (tertiary/aromatic N) is 5. The third-order valence-corrected chi connectivity index (χ3v) is 2.98. The molecule has 0 N–H and O–H groups in total. The van der Waals surface area contributed by atoms with E-state index in [2.05, 4.69) is 26.0 Å². The molecule has 0 spiro atoms. The first-order valence-electron chi connectivity index (χ1n) is 5.56. The van der Waals surface area contributed by atoms with Crippen LogP contribution in [0.1, 0.15) is 24.4 Å². The van der Waals surface area contributed by atoms with Crippen molar-refractivity contribution < 1.29 is 0 Å². The summed E-state index contributed by atoms with van der Waals surface area (Å²) < 4.78 is 0. The molecule has 0 aliphatic carbocycles. The summed E-state index contributed by atoms with van der Waals surface area (Å²) in [6, 6.07) is 4.53. The minimum Gasteiger partial charge on any atom is -0.296 e. The van der Waals surface area contributed by atoms with Gasteiger partial charge in [0, 0.05) is 36.4 Å². The zero-order valence-corrected chi connectivity index (χ0v) is 9.16. The highest BCUT2D eigenvalue weighted by Gasteiger charge is 2.25. The summed E-state index contributed by atoms with van der Waals surface area (Å²) in [5.74, 6) is 0. The Morgan fingerprint density at radius 2 is 2.56 bits per heavy atom. The monoisotopic (exact) mass is 217 g/mol. The van der Waals surface area contributed by atoms with Crippen LogP contribution >= 0.6 is 0 Å². The van der Waals surface area contributed by atoms with Gasteiger partial charge in [0.15, 0.2) is 0 Å². The van der Waals surface area contributed by atoms with Gasteiger partial charge in [0.05, 0.1) is 0 Å². The maximum Gasteiger partial charge on any atom is 0.0386 e. The first-order valence-corrected chi connectivity index (χ1v) is 5.56. The fourth-order valence-corrected chi connectivity index (χ4v) is 2.26. The molecule has 1 atom stereocenters. The molecule has 5 nitrogen and oxygen atoms in total. The molecule has 84 valence electrons. The van der Waals surface area contributed by atoms with Crippen LogP contribution in [0.15, 0.2) is 29.6 Å². The maximum atomic E-state index is 8.25. The average Bonchev–Trinajstić information content (AvgIpc) is 2.79. The Morgan fingerprint density at radius 1 is 1.62 bits per heavy atom. The van der Waals surface area contributed by atoms with E-state index in [1.165, 1.54) is 18.4 Å². The van der Waals surface area contributed by atoms with E-state index in [1.807, 2.05) is 12.3 Å². The molecular weight excluding hydrogens is 202 g/mol. The largest absolute Gasteiger partial charge is 0.296 e. The molecule has 2 rings (SSSR count). The predicted molar refractivity (Wildman–Crippen MR) is 61.8 cm³/mol. The zero-order chi connectivity index (χ0) is 11.2. The van der Waals surface area contributed by atoms with E-state index in [0.717, 1.165) is 13.1 Å². The zero-order valence-electron chi connectivity index (χ0n) is 9.16. The Kier molecular flexibility index (Phi) is 3.75. The summed E-state index contributed by atoms with van der Waals surface area (Å²) >= 11 is 0. The van der Waals surface area contributed by atoms with Crippen LogP contribution in [0.2, 0.25) is 0 Å². The molecular formula is C11H15N5. The molecule has 2 heterocycles. The van der Waals surface area contributed by atoms with Gasteiger partial charge in [0.1, 0.15) is 0 Å². The van der Waals surface area contributed by atoms with Crippen LogP contribution in [0, 0.1) is 0 Å². The standard InChI is InChI=1S/C11H15N5/c12-15-14-6-8-16-7-2-4-11(16)10-3-1-5-13-9-10/h1,3,5,9,11H,2,4,6-8H2. The second-order valence-electron chi connectivity index (χ2n) is 3.93. The van der Waals surface area contributed by atoms with Crippen LogP contribution in [0.3, 0.4) is 0 Å².